The van der Waals surface area contributed by atoms with Crippen molar-refractivity contribution in [2.45, 2.75) is 32.8 Å². The van der Waals surface area contributed by atoms with E-state index >= 15 is 0 Å². The fraction of sp³-hybridized carbons (Fsp3) is 0.250. The maximum atomic E-state index is 12.7. The van der Waals surface area contributed by atoms with Gasteiger partial charge >= 0.3 is 5.63 Å². The maximum Gasteiger partial charge on any atom is 0.344 e. The van der Waals surface area contributed by atoms with Gasteiger partial charge in [-0.1, -0.05) is 32.0 Å². The molecule has 0 N–H and O–H groups in total. The molecule has 0 aliphatic carbocycles. The Hall–Kier alpha value is -3.34. The van der Waals surface area contributed by atoms with Crippen molar-refractivity contribution in [3.63, 3.8) is 0 Å². The van der Waals surface area contributed by atoms with E-state index < -0.39 is 0 Å². The molecule has 0 bridgehead atoms. The van der Waals surface area contributed by atoms with E-state index in [0.29, 0.717) is 35.0 Å². The lowest BCUT2D eigenvalue weighted by Gasteiger charge is -2.13. The number of pyridine rings is 1. The second-order valence-corrected chi connectivity index (χ2v) is 7.15. The lowest BCUT2D eigenvalue weighted by molar-refractivity contribution is 0.284. The van der Waals surface area contributed by atoms with Crippen LogP contribution >= 0.6 is 0 Å². The Morgan fingerprint density at radius 1 is 1.07 bits per heavy atom. The molecule has 0 saturated heterocycles. The van der Waals surface area contributed by atoms with Crippen LogP contribution in [0.15, 0.2) is 64.1 Å². The summed E-state index contributed by atoms with van der Waals surface area (Å²) in [4.78, 5) is 16.7. The van der Waals surface area contributed by atoms with Crippen molar-refractivity contribution < 1.29 is 13.9 Å². The number of benzene rings is 2. The summed E-state index contributed by atoms with van der Waals surface area (Å²) in [6, 6.07) is 13.4. The Balaban J connectivity index is 1.80. The molecule has 2 aromatic heterocycles. The highest BCUT2D eigenvalue weighted by molar-refractivity contribution is 6.05. The molecule has 0 fully saturated rings. The normalized spacial score (nSPS) is 12.2. The second-order valence-electron chi connectivity index (χ2n) is 7.15. The summed E-state index contributed by atoms with van der Waals surface area (Å²) in [5, 5.41) is 2.25. The monoisotopic (exact) mass is 389 g/mol. The summed E-state index contributed by atoms with van der Waals surface area (Å²) >= 11 is 0. The Morgan fingerprint density at radius 2 is 1.93 bits per heavy atom. The molecule has 5 nitrogen and oxygen atoms in total. The van der Waals surface area contributed by atoms with Crippen LogP contribution in [0.4, 0.5) is 0 Å². The van der Waals surface area contributed by atoms with Crippen molar-refractivity contribution in [3.05, 3.63) is 76.4 Å². The van der Waals surface area contributed by atoms with Crippen molar-refractivity contribution in [2.75, 3.05) is 7.11 Å². The van der Waals surface area contributed by atoms with Crippen molar-refractivity contribution in [1.29, 1.82) is 0 Å². The zero-order chi connectivity index (χ0) is 20.4. The predicted molar refractivity (Wildman–Crippen MR) is 114 cm³/mol. The molecule has 4 aromatic rings. The van der Waals surface area contributed by atoms with Crippen molar-refractivity contribution in [3.8, 4) is 11.5 Å². The van der Waals surface area contributed by atoms with Gasteiger partial charge < -0.3 is 13.9 Å². The number of ether oxygens (including phenoxy) is 2. The number of rotatable bonds is 6. The lowest BCUT2D eigenvalue weighted by atomic mass is 9.95. The van der Waals surface area contributed by atoms with Crippen LogP contribution < -0.4 is 15.1 Å². The van der Waals surface area contributed by atoms with E-state index in [1.54, 1.807) is 25.6 Å². The molecule has 2 aromatic carbocycles. The first kappa shape index (κ1) is 19.0. The summed E-state index contributed by atoms with van der Waals surface area (Å²) in [6.07, 6.45) is 4.47. The number of hydrogen-bond acceptors (Lipinski definition) is 5. The van der Waals surface area contributed by atoms with Gasteiger partial charge in [-0.05, 0) is 36.1 Å². The van der Waals surface area contributed by atoms with Crippen LogP contribution in [0, 0.1) is 0 Å². The third kappa shape index (κ3) is 3.68. The number of hydrogen-bond donors (Lipinski definition) is 0. The molecule has 0 amide bonds. The fourth-order valence-electron chi connectivity index (χ4n) is 3.42. The minimum Gasteiger partial charge on any atom is -0.493 e. The first-order valence-electron chi connectivity index (χ1n) is 9.71. The molecule has 0 spiro atoms. The van der Waals surface area contributed by atoms with Gasteiger partial charge in [0.05, 0.1) is 12.5 Å². The molecule has 148 valence electrons. The Morgan fingerprint density at radius 3 is 2.66 bits per heavy atom. The first-order chi connectivity index (χ1) is 14.1. The van der Waals surface area contributed by atoms with Crippen LogP contribution in [-0.4, -0.2) is 12.1 Å². The number of fused-ring (bicyclic) bond motifs is 3. The first-order valence-corrected chi connectivity index (χ1v) is 9.71. The van der Waals surface area contributed by atoms with Crippen LogP contribution in [0.1, 0.15) is 37.3 Å². The predicted octanol–water partition coefficient (Wildman–Crippen LogP) is 5.44. The molecule has 0 aliphatic heterocycles. The molecular formula is C24H23NO4. The summed E-state index contributed by atoms with van der Waals surface area (Å²) in [7, 11) is 1.60. The molecule has 1 unspecified atom stereocenters. The summed E-state index contributed by atoms with van der Waals surface area (Å²) in [5.41, 5.74) is 2.20. The standard InChI is InChI=1S/C24H23NO4/c1-4-15(2)17-7-8-18-19-11-22(27-3)23(28-14-16-6-5-9-25-13-16)12-21(19)29-24(26)20(18)10-17/h5-13,15H,4,14H2,1-3H3. The van der Waals surface area contributed by atoms with E-state index in [-0.39, 0.29) is 5.63 Å². The minimum atomic E-state index is -0.346. The summed E-state index contributed by atoms with van der Waals surface area (Å²) < 4.78 is 17.1. The van der Waals surface area contributed by atoms with Crippen molar-refractivity contribution in [2.24, 2.45) is 0 Å². The van der Waals surface area contributed by atoms with Crippen LogP contribution in [0.5, 0.6) is 11.5 Å². The zero-order valence-electron chi connectivity index (χ0n) is 16.8. The topological polar surface area (TPSA) is 61.6 Å². The number of methoxy groups -OCH3 is 1. The van der Waals surface area contributed by atoms with Gasteiger partial charge in [-0.15, -0.1) is 0 Å². The van der Waals surface area contributed by atoms with Crippen LogP contribution in [-0.2, 0) is 6.61 Å². The SMILES string of the molecule is CCC(C)c1ccc2c(c1)c(=O)oc1cc(OCc3cccnc3)c(OC)cc12. The molecule has 4 rings (SSSR count). The van der Waals surface area contributed by atoms with Crippen LogP contribution in [0.3, 0.4) is 0 Å². The van der Waals surface area contributed by atoms with Crippen LogP contribution in [0.25, 0.3) is 21.7 Å². The maximum absolute atomic E-state index is 12.7. The largest absolute Gasteiger partial charge is 0.493 e. The fourth-order valence-corrected chi connectivity index (χ4v) is 3.42. The molecule has 5 heteroatoms. The van der Waals surface area contributed by atoms with E-state index in [2.05, 4.69) is 24.9 Å². The van der Waals surface area contributed by atoms with E-state index in [1.165, 1.54) is 0 Å². The Bertz CT molecular complexity index is 1210. The molecule has 0 radical (unpaired) electrons. The lowest BCUT2D eigenvalue weighted by Crippen LogP contribution is -2.03. The quantitative estimate of drug-likeness (QED) is 0.324. The molecule has 0 aliphatic rings. The average molecular weight is 389 g/mol. The third-order valence-electron chi connectivity index (χ3n) is 5.32. The Kier molecular flexibility index (Phi) is 5.21. The summed E-state index contributed by atoms with van der Waals surface area (Å²) in [5.74, 6) is 1.48. The van der Waals surface area contributed by atoms with Gasteiger partial charge in [0.2, 0.25) is 0 Å². The molecule has 0 saturated carbocycles. The highest BCUT2D eigenvalue weighted by atomic mass is 16.5. The zero-order valence-corrected chi connectivity index (χ0v) is 16.8. The van der Waals surface area contributed by atoms with Gasteiger partial charge in [0.1, 0.15) is 12.2 Å². The van der Waals surface area contributed by atoms with E-state index in [1.807, 2.05) is 30.3 Å². The van der Waals surface area contributed by atoms with Gasteiger partial charge in [0.15, 0.2) is 11.5 Å². The van der Waals surface area contributed by atoms with Gasteiger partial charge in [-0.2, -0.15) is 0 Å². The average Bonchev–Trinajstić information content (AvgIpc) is 2.77. The highest BCUT2D eigenvalue weighted by Gasteiger charge is 2.15. The molecule has 1 atom stereocenters. The van der Waals surface area contributed by atoms with Crippen molar-refractivity contribution in [1.82, 2.24) is 4.98 Å². The van der Waals surface area contributed by atoms with E-state index in [4.69, 9.17) is 13.9 Å². The minimum absolute atomic E-state index is 0.339. The van der Waals surface area contributed by atoms with Gasteiger partial charge in [0.25, 0.3) is 0 Å². The van der Waals surface area contributed by atoms with Gasteiger partial charge in [-0.3, -0.25) is 4.98 Å². The smallest absolute Gasteiger partial charge is 0.344 e. The van der Waals surface area contributed by atoms with E-state index in [9.17, 15) is 4.79 Å². The third-order valence-corrected chi connectivity index (χ3v) is 5.32. The van der Waals surface area contributed by atoms with Gasteiger partial charge in [0, 0.05) is 34.8 Å². The van der Waals surface area contributed by atoms with Gasteiger partial charge in [-0.25, -0.2) is 4.79 Å². The Labute approximate surface area is 168 Å². The molecule has 2 heterocycles. The summed E-state index contributed by atoms with van der Waals surface area (Å²) in [6.45, 7) is 4.63. The number of nitrogens with zero attached hydrogens (tertiary/aromatic N) is 1. The molecule has 29 heavy (non-hydrogen) atoms. The number of aromatic nitrogens is 1. The van der Waals surface area contributed by atoms with Crippen molar-refractivity contribution >= 4 is 21.7 Å². The molecular weight excluding hydrogens is 366 g/mol. The highest BCUT2D eigenvalue weighted by Crippen LogP contribution is 2.36. The van der Waals surface area contributed by atoms with E-state index in [0.717, 1.165) is 28.3 Å². The van der Waals surface area contributed by atoms with Crippen LogP contribution in [0.2, 0.25) is 0 Å². The second kappa shape index (κ2) is 7.95.